The molecule has 1 heterocycles. The highest BCUT2D eigenvalue weighted by Gasteiger charge is 2.15. The molecule has 0 amide bonds. The maximum absolute atomic E-state index is 5.42. The zero-order valence-electron chi connectivity index (χ0n) is 14.1. The van der Waals surface area contributed by atoms with E-state index < -0.39 is 0 Å². The second kappa shape index (κ2) is 8.79. The zero-order valence-corrected chi connectivity index (χ0v) is 14.1. The molecule has 0 aliphatic carbocycles. The molecule has 1 aliphatic heterocycles. The lowest BCUT2D eigenvalue weighted by Gasteiger charge is -2.27. The van der Waals surface area contributed by atoms with E-state index in [0.29, 0.717) is 0 Å². The maximum Gasteiger partial charge on any atom is 0.193 e. The number of nitrogens with one attached hydrogen (secondary N) is 1. The molecule has 4 nitrogen and oxygen atoms in total. The number of rotatable bonds is 5. The molecule has 0 spiro atoms. The highest BCUT2D eigenvalue weighted by molar-refractivity contribution is 5.79. The smallest absolute Gasteiger partial charge is 0.193 e. The van der Waals surface area contributed by atoms with Gasteiger partial charge in [-0.1, -0.05) is 24.3 Å². The number of benzene rings is 1. The molecule has 1 saturated heterocycles. The Kier molecular flexibility index (Phi) is 6.72. The van der Waals surface area contributed by atoms with Crippen molar-refractivity contribution in [3.63, 3.8) is 0 Å². The van der Waals surface area contributed by atoms with Gasteiger partial charge in [0.1, 0.15) is 0 Å². The van der Waals surface area contributed by atoms with Gasteiger partial charge in [-0.2, -0.15) is 0 Å². The van der Waals surface area contributed by atoms with Crippen LogP contribution in [-0.2, 0) is 11.3 Å². The van der Waals surface area contributed by atoms with E-state index in [0.717, 1.165) is 38.2 Å². The SMILES string of the molecule is CN=C(NCc1ccccc1C)N(C)CCC1CCOCC1. The Hall–Kier alpha value is -1.55. The third-order valence-electron chi connectivity index (χ3n) is 4.49. The van der Waals surface area contributed by atoms with Gasteiger partial charge in [-0.25, -0.2) is 0 Å². The number of hydrogen-bond acceptors (Lipinski definition) is 2. The molecule has 1 fully saturated rings. The van der Waals surface area contributed by atoms with Crippen LogP contribution < -0.4 is 5.32 Å². The third-order valence-corrected chi connectivity index (χ3v) is 4.49. The summed E-state index contributed by atoms with van der Waals surface area (Å²) < 4.78 is 5.42. The normalized spacial score (nSPS) is 16.6. The van der Waals surface area contributed by atoms with Gasteiger partial charge in [0.05, 0.1) is 0 Å². The minimum absolute atomic E-state index is 0.797. The van der Waals surface area contributed by atoms with Crippen LogP contribution in [0.2, 0.25) is 0 Å². The van der Waals surface area contributed by atoms with Gasteiger partial charge >= 0.3 is 0 Å². The van der Waals surface area contributed by atoms with Crippen LogP contribution in [-0.4, -0.2) is 44.7 Å². The van der Waals surface area contributed by atoms with Gasteiger partial charge in [-0.3, -0.25) is 4.99 Å². The van der Waals surface area contributed by atoms with Crippen molar-refractivity contribution in [2.75, 3.05) is 33.9 Å². The zero-order chi connectivity index (χ0) is 15.8. The first-order valence-electron chi connectivity index (χ1n) is 8.24. The number of ether oxygens (including phenoxy) is 1. The summed E-state index contributed by atoms with van der Waals surface area (Å²) in [5.41, 5.74) is 2.64. The molecule has 1 N–H and O–H groups in total. The first kappa shape index (κ1) is 16.8. The van der Waals surface area contributed by atoms with Crippen molar-refractivity contribution >= 4 is 5.96 Å². The topological polar surface area (TPSA) is 36.9 Å². The second-order valence-corrected chi connectivity index (χ2v) is 6.09. The van der Waals surface area contributed by atoms with Crippen molar-refractivity contribution in [3.05, 3.63) is 35.4 Å². The summed E-state index contributed by atoms with van der Waals surface area (Å²) in [4.78, 5) is 6.63. The summed E-state index contributed by atoms with van der Waals surface area (Å²) in [5.74, 6) is 1.76. The molecule has 0 radical (unpaired) electrons. The van der Waals surface area contributed by atoms with E-state index in [9.17, 15) is 0 Å². The molecule has 1 aliphatic rings. The Morgan fingerprint density at radius 2 is 2.05 bits per heavy atom. The average molecular weight is 303 g/mol. The fraction of sp³-hybridized carbons (Fsp3) is 0.611. The van der Waals surface area contributed by atoms with E-state index in [-0.39, 0.29) is 0 Å². The van der Waals surface area contributed by atoms with Crippen molar-refractivity contribution in [3.8, 4) is 0 Å². The Morgan fingerprint density at radius 1 is 1.32 bits per heavy atom. The number of guanidine groups is 1. The van der Waals surface area contributed by atoms with Gasteiger partial charge in [-0.15, -0.1) is 0 Å². The van der Waals surface area contributed by atoms with Crippen LogP contribution >= 0.6 is 0 Å². The molecule has 0 bridgehead atoms. The Bertz CT molecular complexity index is 481. The number of aryl methyl sites for hydroxylation is 1. The van der Waals surface area contributed by atoms with Crippen molar-refractivity contribution < 1.29 is 4.74 Å². The van der Waals surface area contributed by atoms with E-state index in [2.05, 4.69) is 53.4 Å². The summed E-state index contributed by atoms with van der Waals surface area (Å²) in [5, 5.41) is 3.47. The van der Waals surface area contributed by atoms with E-state index in [4.69, 9.17) is 4.74 Å². The average Bonchev–Trinajstić information content (AvgIpc) is 2.56. The Labute approximate surface area is 134 Å². The molecular formula is C18H29N3O. The summed E-state index contributed by atoms with van der Waals surface area (Å²) in [6.07, 6.45) is 3.61. The summed E-state index contributed by atoms with van der Waals surface area (Å²) in [6.45, 7) is 5.86. The summed E-state index contributed by atoms with van der Waals surface area (Å²) >= 11 is 0. The lowest BCUT2D eigenvalue weighted by molar-refractivity contribution is 0.0625. The minimum Gasteiger partial charge on any atom is -0.381 e. The van der Waals surface area contributed by atoms with Gasteiger partial charge in [0.15, 0.2) is 5.96 Å². The van der Waals surface area contributed by atoms with Crippen molar-refractivity contribution in [2.24, 2.45) is 10.9 Å². The summed E-state index contributed by atoms with van der Waals surface area (Å²) in [6, 6.07) is 8.47. The largest absolute Gasteiger partial charge is 0.381 e. The monoisotopic (exact) mass is 303 g/mol. The molecular weight excluding hydrogens is 274 g/mol. The van der Waals surface area contributed by atoms with Crippen LogP contribution in [0.25, 0.3) is 0 Å². The van der Waals surface area contributed by atoms with Crippen LogP contribution in [0.3, 0.4) is 0 Å². The Balaban J connectivity index is 1.79. The summed E-state index contributed by atoms with van der Waals surface area (Å²) in [7, 11) is 3.97. The van der Waals surface area contributed by atoms with E-state index >= 15 is 0 Å². The second-order valence-electron chi connectivity index (χ2n) is 6.09. The molecule has 122 valence electrons. The highest BCUT2D eigenvalue weighted by atomic mass is 16.5. The maximum atomic E-state index is 5.42. The molecule has 22 heavy (non-hydrogen) atoms. The first-order chi connectivity index (χ1) is 10.7. The lowest BCUT2D eigenvalue weighted by atomic mass is 9.96. The highest BCUT2D eigenvalue weighted by Crippen LogP contribution is 2.18. The van der Waals surface area contributed by atoms with Crippen LogP contribution in [0, 0.1) is 12.8 Å². The standard InChI is InChI=1S/C18H29N3O/c1-15-6-4-5-7-17(15)14-20-18(19-2)21(3)11-8-16-9-12-22-13-10-16/h4-7,16H,8-14H2,1-3H3,(H,19,20). The molecule has 0 saturated carbocycles. The van der Waals surface area contributed by atoms with Crippen molar-refractivity contribution in [2.45, 2.75) is 32.7 Å². The molecule has 1 aromatic carbocycles. The fourth-order valence-electron chi connectivity index (χ4n) is 2.88. The van der Waals surface area contributed by atoms with Gasteiger partial charge in [0.25, 0.3) is 0 Å². The van der Waals surface area contributed by atoms with Gasteiger partial charge < -0.3 is 15.0 Å². The molecule has 0 atom stereocenters. The Morgan fingerprint density at radius 3 is 2.73 bits per heavy atom. The lowest BCUT2D eigenvalue weighted by Crippen LogP contribution is -2.39. The van der Waals surface area contributed by atoms with E-state index in [1.807, 2.05) is 7.05 Å². The third kappa shape index (κ3) is 5.02. The molecule has 4 heteroatoms. The van der Waals surface area contributed by atoms with Crippen LogP contribution in [0.15, 0.2) is 29.3 Å². The van der Waals surface area contributed by atoms with Crippen molar-refractivity contribution in [1.82, 2.24) is 10.2 Å². The molecule has 0 aromatic heterocycles. The number of nitrogens with zero attached hydrogens (tertiary/aromatic N) is 2. The van der Waals surface area contributed by atoms with Gasteiger partial charge in [-0.05, 0) is 43.2 Å². The van der Waals surface area contributed by atoms with Crippen LogP contribution in [0.5, 0.6) is 0 Å². The van der Waals surface area contributed by atoms with Gasteiger partial charge in [0, 0.05) is 40.4 Å². The van der Waals surface area contributed by atoms with E-state index in [1.165, 1.54) is 30.4 Å². The number of aliphatic imine (C=N–C) groups is 1. The fourth-order valence-corrected chi connectivity index (χ4v) is 2.88. The van der Waals surface area contributed by atoms with Crippen molar-refractivity contribution in [1.29, 1.82) is 0 Å². The van der Waals surface area contributed by atoms with Crippen LogP contribution in [0.1, 0.15) is 30.4 Å². The van der Waals surface area contributed by atoms with E-state index in [1.54, 1.807) is 0 Å². The molecule has 1 aromatic rings. The molecule has 0 unspecified atom stereocenters. The minimum atomic E-state index is 0.797. The van der Waals surface area contributed by atoms with Gasteiger partial charge in [0.2, 0.25) is 0 Å². The number of hydrogen-bond donors (Lipinski definition) is 1. The molecule has 2 rings (SSSR count). The quantitative estimate of drug-likeness (QED) is 0.671. The predicted octanol–water partition coefficient (Wildman–Crippen LogP) is 2.82. The first-order valence-corrected chi connectivity index (χ1v) is 8.24. The van der Waals surface area contributed by atoms with Crippen LogP contribution in [0.4, 0.5) is 0 Å². The predicted molar refractivity (Wildman–Crippen MR) is 92.2 cm³/mol.